The van der Waals surface area contributed by atoms with Gasteiger partial charge in [-0.1, -0.05) is 11.6 Å². The van der Waals surface area contributed by atoms with Crippen LogP contribution in [0.4, 0.5) is 10.5 Å². The molecule has 0 unspecified atom stereocenters. The summed E-state index contributed by atoms with van der Waals surface area (Å²) < 4.78 is 0. The number of anilines is 1. The van der Waals surface area contributed by atoms with Crippen LogP contribution in [0, 0.1) is 0 Å². The van der Waals surface area contributed by atoms with E-state index in [0.717, 1.165) is 4.90 Å². The standard InChI is InChI=1S/C10H9ClN2O3/c1-12-5-9(15)13(10(12)16)6-2-3-7(11)8(14)4-6/h2-4,14H,5H2,1H3. The van der Waals surface area contributed by atoms with Crippen LogP contribution in [0.2, 0.25) is 5.02 Å². The molecule has 2 rings (SSSR count). The summed E-state index contributed by atoms with van der Waals surface area (Å²) >= 11 is 5.64. The summed E-state index contributed by atoms with van der Waals surface area (Å²) in [6, 6.07) is 3.83. The third kappa shape index (κ3) is 1.59. The lowest BCUT2D eigenvalue weighted by molar-refractivity contribution is -0.116. The van der Waals surface area contributed by atoms with E-state index in [1.165, 1.54) is 30.1 Å². The molecule has 0 aliphatic carbocycles. The molecule has 1 N–H and O–H groups in total. The van der Waals surface area contributed by atoms with Crippen molar-refractivity contribution in [3.8, 4) is 5.75 Å². The van der Waals surface area contributed by atoms with Crippen LogP contribution in [0.3, 0.4) is 0 Å². The van der Waals surface area contributed by atoms with Gasteiger partial charge in [0, 0.05) is 13.1 Å². The molecule has 0 atom stereocenters. The molecule has 0 radical (unpaired) electrons. The second kappa shape index (κ2) is 3.68. The van der Waals surface area contributed by atoms with Crippen molar-refractivity contribution in [3.63, 3.8) is 0 Å². The first-order valence-electron chi connectivity index (χ1n) is 4.57. The minimum atomic E-state index is -0.410. The van der Waals surface area contributed by atoms with E-state index in [-0.39, 0.29) is 23.2 Å². The Bertz CT molecular complexity index is 475. The zero-order valence-electron chi connectivity index (χ0n) is 8.48. The van der Waals surface area contributed by atoms with Gasteiger partial charge in [0.1, 0.15) is 12.3 Å². The maximum atomic E-state index is 11.6. The molecule has 1 saturated heterocycles. The number of hydrogen-bond donors (Lipinski definition) is 1. The van der Waals surface area contributed by atoms with E-state index >= 15 is 0 Å². The number of imide groups is 1. The van der Waals surface area contributed by atoms with Gasteiger partial charge < -0.3 is 10.0 Å². The average molecular weight is 241 g/mol. The molecule has 0 spiro atoms. The van der Waals surface area contributed by atoms with Gasteiger partial charge in [-0.3, -0.25) is 4.79 Å². The van der Waals surface area contributed by atoms with E-state index in [0.29, 0.717) is 5.69 Å². The molecule has 1 heterocycles. The molecule has 0 bridgehead atoms. The smallest absolute Gasteiger partial charge is 0.331 e. The molecule has 0 saturated carbocycles. The first-order valence-corrected chi connectivity index (χ1v) is 4.95. The van der Waals surface area contributed by atoms with Crippen molar-refractivity contribution in [2.75, 3.05) is 18.5 Å². The Morgan fingerprint density at radius 1 is 1.38 bits per heavy atom. The number of carbonyl (C=O) groups is 2. The molecule has 5 nitrogen and oxygen atoms in total. The average Bonchev–Trinajstić information content (AvgIpc) is 2.47. The zero-order valence-corrected chi connectivity index (χ0v) is 9.23. The first-order chi connectivity index (χ1) is 7.50. The fourth-order valence-corrected chi connectivity index (χ4v) is 1.63. The van der Waals surface area contributed by atoms with Crippen molar-refractivity contribution in [1.29, 1.82) is 0 Å². The zero-order chi connectivity index (χ0) is 11.9. The highest BCUT2D eigenvalue weighted by Gasteiger charge is 2.34. The van der Waals surface area contributed by atoms with Crippen LogP contribution in [0.1, 0.15) is 0 Å². The van der Waals surface area contributed by atoms with Crippen LogP contribution in [-0.2, 0) is 4.79 Å². The van der Waals surface area contributed by atoms with Crippen molar-refractivity contribution in [1.82, 2.24) is 4.90 Å². The number of likely N-dealkylation sites (N-methyl/N-ethyl adjacent to an activating group) is 1. The molecule has 1 fully saturated rings. The van der Waals surface area contributed by atoms with Gasteiger partial charge in [0.2, 0.25) is 0 Å². The summed E-state index contributed by atoms with van der Waals surface area (Å²) in [5.74, 6) is -0.483. The molecule has 1 aromatic carbocycles. The van der Waals surface area contributed by atoms with Gasteiger partial charge in [0.25, 0.3) is 5.91 Å². The number of urea groups is 1. The molecule has 1 aliphatic heterocycles. The van der Waals surface area contributed by atoms with Crippen LogP contribution >= 0.6 is 11.6 Å². The second-order valence-electron chi connectivity index (χ2n) is 3.50. The second-order valence-corrected chi connectivity index (χ2v) is 3.91. The van der Waals surface area contributed by atoms with E-state index in [1.54, 1.807) is 0 Å². The molecule has 0 aromatic heterocycles. The van der Waals surface area contributed by atoms with Crippen LogP contribution in [-0.4, -0.2) is 35.5 Å². The lowest BCUT2D eigenvalue weighted by Gasteiger charge is -2.14. The summed E-state index contributed by atoms with van der Waals surface area (Å²) in [6.45, 7) is 0.0439. The van der Waals surface area contributed by atoms with E-state index in [1.807, 2.05) is 0 Å². The Balaban J connectivity index is 2.41. The lowest BCUT2D eigenvalue weighted by atomic mass is 10.3. The fourth-order valence-electron chi connectivity index (χ4n) is 1.51. The van der Waals surface area contributed by atoms with Gasteiger partial charge in [-0.2, -0.15) is 0 Å². The van der Waals surface area contributed by atoms with Crippen LogP contribution in [0.15, 0.2) is 18.2 Å². The summed E-state index contributed by atoms with van der Waals surface area (Å²) in [5, 5.41) is 9.58. The third-order valence-corrected chi connectivity index (χ3v) is 2.65. The summed E-state index contributed by atoms with van der Waals surface area (Å²) in [6.07, 6.45) is 0. The van der Waals surface area contributed by atoms with E-state index in [4.69, 9.17) is 11.6 Å². The predicted molar refractivity (Wildman–Crippen MR) is 58.6 cm³/mol. The normalized spacial score (nSPS) is 16.1. The van der Waals surface area contributed by atoms with Gasteiger partial charge in [-0.15, -0.1) is 0 Å². The lowest BCUT2D eigenvalue weighted by Crippen LogP contribution is -2.31. The fraction of sp³-hybridized carbons (Fsp3) is 0.200. The maximum absolute atomic E-state index is 11.6. The van der Waals surface area contributed by atoms with Crippen molar-refractivity contribution >= 4 is 29.2 Å². The molecule has 84 valence electrons. The topological polar surface area (TPSA) is 60.9 Å². The predicted octanol–water partition coefficient (Wildman–Crippen LogP) is 1.44. The maximum Gasteiger partial charge on any atom is 0.331 e. The molecule has 1 aromatic rings. The van der Waals surface area contributed by atoms with E-state index in [9.17, 15) is 14.7 Å². The number of rotatable bonds is 1. The van der Waals surface area contributed by atoms with Crippen LogP contribution in [0.5, 0.6) is 5.75 Å². The number of amides is 3. The Morgan fingerprint density at radius 3 is 2.56 bits per heavy atom. The third-order valence-electron chi connectivity index (χ3n) is 2.33. The molecule has 3 amide bonds. The Hall–Kier alpha value is -1.75. The highest BCUT2D eigenvalue weighted by atomic mass is 35.5. The van der Waals surface area contributed by atoms with E-state index in [2.05, 4.69) is 0 Å². The quantitative estimate of drug-likeness (QED) is 0.756. The summed E-state index contributed by atoms with van der Waals surface area (Å²) in [7, 11) is 1.54. The molecule has 6 heteroatoms. The SMILES string of the molecule is CN1CC(=O)N(c2ccc(Cl)c(O)c2)C1=O. The van der Waals surface area contributed by atoms with Gasteiger partial charge in [0.15, 0.2) is 0 Å². The van der Waals surface area contributed by atoms with Crippen LogP contribution in [0.25, 0.3) is 0 Å². The number of nitrogens with zero attached hydrogens (tertiary/aromatic N) is 2. The Morgan fingerprint density at radius 2 is 2.06 bits per heavy atom. The highest BCUT2D eigenvalue weighted by molar-refractivity contribution is 6.32. The number of phenolic OH excluding ortho intramolecular Hbond substituents is 1. The summed E-state index contributed by atoms with van der Waals surface area (Å²) in [5.41, 5.74) is 0.321. The van der Waals surface area contributed by atoms with Gasteiger partial charge in [0.05, 0.1) is 10.7 Å². The minimum Gasteiger partial charge on any atom is -0.506 e. The largest absolute Gasteiger partial charge is 0.506 e. The highest BCUT2D eigenvalue weighted by Crippen LogP contribution is 2.30. The minimum absolute atomic E-state index is 0.0439. The number of aromatic hydroxyl groups is 1. The van der Waals surface area contributed by atoms with E-state index < -0.39 is 6.03 Å². The number of hydrogen-bond acceptors (Lipinski definition) is 3. The number of halogens is 1. The van der Waals surface area contributed by atoms with Gasteiger partial charge in [-0.25, -0.2) is 9.69 Å². The van der Waals surface area contributed by atoms with Crippen LogP contribution < -0.4 is 4.90 Å². The Labute approximate surface area is 96.8 Å². The molecule has 1 aliphatic rings. The molecule has 16 heavy (non-hydrogen) atoms. The number of carbonyl (C=O) groups excluding carboxylic acids is 2. The van der Waals surface area contributed by atoms with Gasteiger partial charge >= 0.3 is 6.03 Å². The monoisotopic (exact) mass is 240 g/mol. The van der Waals surface area contributed by atoms with Crippen molar-refractivity contribution in [2.24, 2.45) is 0 Å². The molecular formula is C10H9ClN2O3. The van der Waals surface area contributed by atoms with Crippen molar-refractivity contribution in [3.05, 3.63) is 23.2 Å². The first kappa shape index (κ1) is 10.8. The van der Waals surface area contributed by atoms with Crippen molar-refractivity contribution in [2.45, 2.75) is 0 Å². The number of benzene rings is 1. The summed E-state index contributed by atoms with van der Waals surface area (Å²) in [4.78, 5) is 25.5. The molecular weight excluding hydrogens is 232 g/mol. The van der Waals surface area contributed by atoms with Crippen molar-refractivity contribution < 1.29 is 14.7 Å². The number of phenols is 1. The van der Waals surface area contributed by atoms with Gasteiger partial charge in [-0.05, 0) is 12.1 Å². The Kier molecular flexibility index (Phi) is 2.47.